The van der Waals surface area contributed by atoms with Gasteiger partial charge in [0, 0.05) is 5.92 Å². The average molecular weight is 232 g/mol. The Morgan fingerprint density at radius 1 is 0.889 bits per heavy atom. The van der Waals surface area contributed by atoms with Crippen molar-refractivity contribution in [3.63, 3.8) is 0 Å². The van der Waals surface area contributed by atoms with E-state index >= 15 is 0 Å². The summed E-state index contributed by atoms with van der Waals surface area (Å²) >= 11 is 0. The molecule has 2 aromatic carbocycles. The van der Waals surface area contributed by atoms with Gasteiger partial charge in [-0.2, -0.15) is 0 Å². The monoisotopic (exact) mass is 232 g/mol. The highest BCUT2D eigenvalue weighted by molar-refractivity contribution is 5.67. The number of allylic oxidation sites excluding steroid dienone is 1. The zero-order valence-electron chi connectivity index (χ0n) is 10.4. The molecule has 0 N–H and O–H groups in total. The normalized spacial score (nSPS) is 19.9. The third kappa shape index (κ3) is 1.45. The maximum Gasteiger partial charge on any atom is 0.0278 e. The van der Waals surface area contributed by atoms with Crippen LogP contribution in [0.3, 0.4) is 0 Å². The minimum absolute atomic E-state index is 0.465. The zero-order valence-corrected chi connectivity index (χ0v) is 10.4. The number of fused-ring (bicyclic) bond motifs is 2. The Bertz CT molecular complexity index is 620. The van der Waals surface area contributed by atoms with Crippen LogP contribution in [0.1, 0.15) is 40.2 Å². The van der Waals surface area contributed by atoms with E-state index in [4.69, 9.17) is 0 Å². The third-order valence-electron chi connectivity index (χ3n) is 4.26. The van der Waals surface area contributed by atoms with Gasteiger partial charge in [0.15, 0.2) is 0 Å². The topological polar surface area (TPSA) is 0 Å². The van der Waals surface area contributed by atoms with Crippen LogP contribution in [-0.4, -0.2) is 0 Å². The van der Waals surface area contributed by atoms with E-state index in [0.717, 1.165) is 0 Å². The van der Waals surface area contributed by atoms with Gasteiger partial charge in [-0.3, -0.25) is 0 Å². The summed E-state index contributed by atoms with van der Waals surface area (Å²) in [6.07, 6.45) is 8.51. The lowest BCUT2D eigenvalue weighted by Crippen LogP contribution is -1.97. The number of hydrogen-bond acceptors (Lipinski definition) is 0. The second-order valence-corrected chi connectivity index (χ2v) is 5.35. The predicted octanol–water partition coefficient (Wildman–Crippen LogP) is 4.33. The smallest absolute Gasteiger partial charge is 0.0278 e. The fraction of sp³-hybridized carbons (Fsp3) is 0.222. The summed E-state index contributed by atoms with van der Waals surface area (Å²) in [4.78, 5) is 0. The van der Waals surface area contributed by atoms with Crippen LogP contribution in [0.2, 0.25) is 0 Å². The Kier molecular flexibility index (Phi) is 2.16. The lowest BCUT2D eigenvalue weighted by atomic mass is 9.91. The largest absolute Gasteiger partial charge is 0.0720 e. The molecule has 2 aliphatic rings. The summed E-state index contributed by atoms with van der Waals surface area (Å²) < 4.78 is 0. The van der Waals surface area contributed by atoms with E-state index in [2.05, 4.69) is 54.6 Å². The first kappa shape index (κ1) is 10.1. The summed E-state index contributed by atoms with van der Waals surface area (Å²) in [6.45, 7) is 0. The standard InChI is InChI=1S/C18H16/c1-2-5-13(6-3-1)17-10-9-16-11-14-7-4-8-15(14)12-18(16)17/h1-3,5-6,9-12,17H,4,7-8H2. The van der Waals surface area contributed by atoms with Crippen LogP contribution < -0.4 is 0 Å². The van der Waals surface area contributed by atoms with Crippen LogP contribution in [0, 0.1) is 0 Å². The van der Waals surface area contributed by atoms with Crippen molar-refractivity contribution in [3.05, 3.63) is 76.4 Å². The molecule has 0 saturated carbocycles. The van der Waals surface area contributed by atoms with E-state index in [1.165, 1.54) is 36.0 Å². The highest BCUT2D eigenvalue weighted by Crippen LogP contribution is 2.38. The van der Waals surface area contributed by atoms with E-state index in [-0.39, 0.29) is 0 Å². The minimum atomic E-state index is 0.465. The first-order valence-corrected chi connectivity index (χ1v) is 6.81. The van der Waals surface area contributed by atoms with Crippen LogP contribution in [0.4, 0.5) is 0 Å². The Morgan fingerprint density at radius 3 is 2.50 bits per heavy atom. The molecule has 2 aliphatic carbocycles. The molecule has 0 spiro atoms. The van der Waals surface area contributed by atoms with E-state index < -0.39 is 0 Å². The fourth-order valence-corrected chi connectivity index (χ4v) is 3.33. The second-order valence-electron chi connectivity index (χ2n) is 5.35. The molecule has 88 valence electrons. The maximum absolute atomic E-state index is 2.45. The molecular weight excluding hydrogens is 216 g/mol. The van der Waals surface area contributed by atoms with Crippen LogP contribution in [0.5, 0.6) is 0 Å². The molecule has 18 heavy (non-hydrogen) atoms. The molecule has 0 aromatic heterocycles. The molecule has 0 amide bonds. The van der Waals surface area contributed by atoms with E-state index in [1.54, 1.807) is 11.1 Å². The van der Waals surface area contributed by atoms with Crippen molar-refractivity contribution in [2.24, 2.45) is 0 Å². The van der Waals surface area contributed by atoms with Gasteiger partial charge in [0.1, 0.15) is 0 Å². The lowest BCUT2D eigenvalue weighted by Gasteiger charge is -2.13. The number of aryl methyl sites for hydroxylation is 2. The number of hydrogen-bond donors (Lipinski definition) is 0. The van der Waals surface area contributed by atoms with Gasteiger partial charge in [0.05, 0.1) is 0 Å². The van der Waals surface area contributed by atoms with Gasteiger partial charge in [-0.25, -0.2) is 0 Å². The molecule has 0 heterocycles. The molecule has 0 radical (unpaired) electrons. The van der Waals surface area contributed by atoms with E-state index in [0.29, 0.717) is 5.92 Å². The Morgan fingerprint density at radius 2 is 1.67 bits per heavy atom. The summed E-state index contributed by atoms with van der Waals surface area (Å²) in [5.74, 6) is 0.465. The lowest BCUT2D eigenvalue weighted by molar-refractivity contribution is 0.911. The second kappa shape index (κ2) is 3.84. The number of benzene rings is 2. The highest BCUT2D eigenvalue weighted by atomic mass is 14.3. The number of rotatable bonds is 1. The molecule has 4 rings (SSSR count). The van der Waals surface area contributed by atoms with Crippen molar-refractivity contribution >= 4 is 6.08 Å². The zero-order chi connectivity index (χ0) is 11.9. The summed E-state index contributed by atoms with van der Waals surface area (Å²) in [6, 6.07) is 15.7. The molecule has 1 unspecified atom stereocenters. The maximum atomic E-state index is 2.45. The first-order chi connectivity index (χ1) is 8.92. The van der Waals surface area contributed by atoms with Gasteiger partial charge < -0.3 is 0 Å². The van der Waals surface area contributed by atoms with Crippen molar-refractivity contribution in [2.75, 3.05) is 0 Å². The molecule has 2 aromatic rings. The van der Waals surface area contributed by atoms with Crippen molar-refractivity contribution < 1.29 is 0 Å². The summed E-state index contributed by atoms with van der Waals surface area (Å²) in [7, 11) is 0. The van der Waals surface area contributed by atoms with Crippen LogP contribution in [-0.2, 0) is 12.8 Å². The van der Waals surface area contributed by atoms with Crippen molar-refractivity contribution in [3.8, 4) is 0 Å². The Hall–Kier alpha value is -1.82. The molecule has 0 heteroatoms. The predicted molar refractivity (Wildman–Crippen MR) is 75.8 cm³/mol. The summed E-state index contributed by atoms with van der Waals surface area (Å²) in [5, 5.41) is 0. The Balaban J connectivity index is 1.83. The fourth-order valence-electron chi connectivity index (χ4n) is 3.33. The van der Waals surface area contributed by atoms with Crippen molar-refractivity contribution in [1.29, 1.82) is 0 Å². The molecule has 0 bridgehead atoms. The van der Waals surface area contributed by atoms with Crippen LogP contribution >= 0.6 is 0 Å². The quantitative estimate of drug-likeness (QED) is 0.686. The third-order valence-corrected chi connectivity index (χ3v) is 4.26. The van der Waals surface area contributed by atoms with E-state index in [9.17, 15) is 0 Å². The molecule has 1 atom stereocenters. The van der Waals surface area contributed by atoms with Gasteiger partial charge in [-0.15, -0.1) is 0 Å². The Labute approximate surface area is 108 Å². The molecule has 0 aliphatic heterocycles. The van der Waals surface area contributed by atoms with Gasteiger partial charge >= 0.3 is 0 Å². The molecule has 0 fully saturated rings. The molecule has 0 saturated heterocycles. The first-order valence-electron chi connectivity index (χ1n) is 6.81. The summed E-state index contributed by atoms with van der Waals surface area (Å²) in [5.41, 5.74) is 7.50. The van der Waals surface area contributed by atoms with Crippen LogP contribution in [0.25, 0.3) is 6.08 Å². The van der Waals surface area contributed by atoms with Gasteiger partial charge in [0.2, 0.25) is 0 Å². The highest BCUT2D eigenvalue weighted by Gasteiger charge is 2.22. The van der Waals surface area contributed by atoms with E-state index in [1.807, 2.05) is 0 Å². The van der Waals surface area contributed by atoms with Gasteiger partial charge in [-0.05, 0) is 47.1 Å². The van der Waals surface area contributed by atoms with Crippen molar-refractivity contribution in [2.45, 2.75) is 25.2 Å². The van der Waals surface area contributed by atoms with Gasteiger partial charge in [0.25, 0.3) is 0 Å². The van der Waals surface area contributed by atoms with Gasteiger partial charge in [-0.1, -0.05) is 54.6 Å². The SMILES string of the molecule is C1=CC(c2ccccc2)c2cc3c(cc21)CCC3. The minimum Gasteiger partial charge on any atom is -0.0720 e. The average Bonchev–Trinajstić information content (AvgIpc) is 3.02. The molecular formula is C18H16. The van der Waals surface area contributed by atoms with Crippen molar-refractivity contribution in [1.82, 2.24) is 0 Å². The molecule has 0 nitrogen and oxygen atoms in total. The van der Waals surface area contributed by atoms with Crippen LogP contribution in [0.15, 0.2) is 48.5 Å².